The fourth-order valence-corrected chi connectivity index (χ4v) is 4.79. The van der Waals surface area contributed by atoms with Crippen LogP contribution in [0.5, 0.6) is 11.5 Å². The van der Waals surface area contributed by atoms with Crippen molar-refractivity contribution in [3.8, 4) is 11.5 Å². The number of hydrogen-bond acceptors (Lipinski definition) is 8. The van der Waals surface area contributed by atoms with Gasteiger partial charge < -0.3 is 39.7 Å². The van der Waals surface area contributed by atoms with Crippen molar-refractivity contribution in [1.82, 2.24) is 10.2 Å². The second kappa shape index (κ2) is 12.5. The molecule has 1 aromatic rings. The highest BCUT2D eigenvalue weighted by Crippen LogP contribution is 2.51. The quantitative estimate of drug-likeness (QED) is 0.325. The van der Waals surface area contributed by atoms with E-state index in [4.69, 9.17) is 14.2 Å². The molecule has 0 bridgehead atoms. The van der Waals surface area contributed by atoms with Crippen LogP contribution in [0.3, 0.4) is 0 Å². The molecule has 1 heterocycles. The van der Waals surface area contributed by atoms with E-state index in [-0.39, 0.29) is 38.7 Å². The Morgan fingerprint density at radius 3 is 2.58 bits per heavy atom. The van der Waals surface area contributed by atoms with Crippen molar-refractivity contribution in [1.29, 1.82) is 0 Å². The van der Waals surface area contributed by atoms with Crippen molar-refractivity contribution in [3.63, 3.8) is 0 Å². The van der Waals surface area contributed by atoms with Gasteiger partial charge in [0.25, 0.3) is 0 Å². The van der Waals surface area contributed by atoms with Crippen LogP contribution in [0.15, 0.2) is 23.8 Å². The minimum atomic E-state index is -1.13. The number of fused-ring (bicyclic) bond motifs is 3. The first kappa shape index (κ1) is 27.9. The molecule has 3 rings (SSSR count). The Hall–Kier alpha value is -2.66. The van der Waals surface area contributed by atoms with Crippen LogP contribution in [0, 0.1) is 5.92 Å². The molecule has 1 aliphatic heterocycles. The van der Waals surface area contributed by atoms with E-state index in [1.807, 2.05) is 0 Å². The van der Waals surface area contributed by atoms with Crippen molar-refractivity contribution >= 4 is 11.8 Å². The van der Waals surface area contributed by atoms with E-state index in [2.05, 4.69) is 19.2 Å². The lowest BCUT2D eigenvalue weighted by atomic mass is 9.77. The molecular weight excluding hydrogens is 468 g/mol. The largest absolute Gasteiger partial charge is 0.493 e. The molecule has 10 nitrogen and oxygen atoms in total. The van der Waals surface area contributed by atoms with Crippen LogP contribution in [0.25, 0.3) is 0 Å². The summed E-state index contributed by atoms with van der Waals surface area (Å²) in [6.45, 7) is 4.32. The smallest absolute Gasteiger partial charge is 0.247 e. The van der Waals surface area contributed by atoms with Gasteiger partial charge in [-0.15, -0.1) is 0 Å². The first-order valence-corrected chi connectivity index (χ1v) is 12.3. The fraction of sp³-hybridized carbons (Fsp3) is 0.615. The molecule has 4 atom stereocenters. The van der Waals surface area contributed by atoms with Gasteiger partial charge in [-0.05, 0) is 36.1 Å². The van der Waals surface area contributed by atoms with Gasteiger partial charge >= 0.3 is 0 Å². The van der Waals surface area contributed by atoms with Crippen molar-refractivity contribution in [2.24, 2.45) is 5.92 Å². The summed E-state index contributed by atoms with van der Waals surface area (Å²) in [5, 5.41) is 33.2. The third-order valence-corrected chi connectivity index (χ3v) is 6.64. The first-order valence-electron chi connectivity index (χ1n) is 12.3. The molecule has 2 aliphatic rings. The van der Waals surface area contributed by atoms with Crippen LogP contribution in [0.2, 0.25) is 0 Å². The van der Waals surface area contributed by atoms with Gasteiger partial charge in [0.15, 0.2) is 11.5 Å². The Morgan fingerprint density at radius 1 is 1.22 bits per heavy atom. The molecule has 4 N–H and O–H groups in total. The Kier molecular flexibility index (Phi) is 9.72. The van der Waals surface area contributed by atoms with Gasteiger partial charge in [-0.25, -0.2) is 0 Å². The highest BCUT2D eigenvalue weighted by molar-refractivity contribution is 5.96. The third kappa shape index (κ3) is 5.83. The minimum absolute atomic E-state index is 0.0539. The summed E-state index contributed by atoms with van der Waals surface area (Å²) >= 11 is 0. The number of methoxy groups -OCH3 is 2. The molecule has 0 unspecified atom stereocenters. The van der Waals surface area contributed by atoms with Gasteiger partial charge in [0, 0.05) is 31.3 Å². The minimum Gasteiger partial charge on any atom is -0.493 e. The summed E-state index contributed by atoms with van der Waals surface area (Å²) < 4.78 is 16.8. The number of carbonyl (C=O) groups excluding carboxylic acids is 2. The molecule has 2 amide bonds. The zero-order valence-corrected chi connectivity index (χ0v) is 21.4. The van der Waals surface area contributed by atoms with E-state index in [0.717, 1.165) is 0 Å². The van der Waals surface area contributed by atoms with Gasteiger partial charge in [0.05, 0.1) is 45.3 Å². The molecule has 1 aliphatic carbocycles. The number of carbonyl (C=O) groups is 2. The maximum atomic E-state index is 13.3. The van der Waals surface area contributed by atoms with Crippen LogP contribution >= 0.6 is 0 Å². The SMILES string of the molecule is COCCC(=O)N(CCC(C)C)[C@@H]1C=C(C(=O)NCCO)[C@@H]2c3cc(CO)cc(OC)c3O[C@@H]2[C@H]1O. The zero-order chi connectivity index (χ0) is 26.4. The van der Waals surface area contributed by atoms with Gasteiger partial charge in [-0.3, -0.25) is 9.59 Å². The topological polar surface area (TPSA) is 138 Å². The number of amides is 2. The van der Waals surface area contributed by atoms with E-state index >= 15 is 0 Å². The van der Waals surface area contributed by atoms with Crippen molar-refractivity contribution < 1.29 is 39.1 Å². The molecule has 0 radical (unpaired) electrons. The molecule has 0 spiro atoms. The molecule has 10 heteroatoms. The van der Waals surface area contributed by atoms with Gasteiger partial charge in [0.2, 0.25) is 11.8 Å². The number of ether oxygens (including phenoxy) is 3. The summed E-state index contributed by atoms with van der Waals surface area (Å²) in [7, 11) is 3.00. The number of aliphatic hydroxyl groups is 3. The maximum Gasteiger partial charge on any atom is 0.247 e. The second-order valence-corrected chi connectivity index (χ2v) is 9.53. The number of aliphatic hydroxyl groups excluding tert-OH is 3. The number of benzene rings is 1. The fourth-order valence-electron chi connectivity index (χ4n) is 4.79. The van der Waals surface area contributed by atoms with Crippen LogP contribution in [0.1, 0.15) is 43.7 Å². The van der Waals surface area contributed by atoms with Crippen LogP contribution < -0.4 is 14.8 Å². The zero-order valence-electron chi connectivity index (χ0n) is 21.4. The Labute approximate surface area is 211 Å². The van der Waals surface area contributed by atoms with Crippen molar-refractivity contribution in [2.75, 3.05) is 40.5 Å². The molecular formula is C26H38N2O8. The summed E-state index contributed by atoms with van der Waals surface area (Å²) in [6.07, 6.45) is 0.507. The van der Waals surface area contributed by atoms with E-state index in [9.17, 15) is 24.9 Å². The predicted octanol–water partition coefficient (Wildman–Crippen LogP) is 0.721. The lowest BCUT2D eigenvalue weighted by Gasteiger charge is -2.41. The normalized spacial score (nSPS) is 22.4. The molecule has 1 aromatic carbocycles. The van der Waals surface area contributed by atoms with Crippen molar-refractivity contribution in [2.45, 2.75) is 57.5 Å². The van der Waals surface area contributed by atoms with E-state index in [1.54, 1.807) is 23.1 Å². The molecule has 0 saturated carbocycles. The predicted molar refractivity (Wildman–Crippen MR) is 132 cm³/mol. The molecule has 200 valence electrons. The average Bonchev–Trinajstić information content (AvgIpc) is 3.26. The number of nitrogens with one attached hydrogen (secondary N) is 1. The summed E-state index contributed by atoms with van der Waals surface area (Å²) in [6, 6.07) is 2.59. The summed E-state index contributed by atoms with van der Waals surface area (Å²) in [5.41, 5.74) is 1.52. The highest BCUT2D eigenvalue weighted by Gasteiger charge is 2.51. The van der Waals surface area contributed by atoms with E-state index < -0.39 is 30.1 Å². The number of hydrogen-bond donors (Lipinski definition) is 4. The molecule has 0 aromatic heterocycles. The monoisotopic (exact) mass is 506 g/mol. The van der Waals surface area contributed by atoms with Crippen LogP contribution in [-0.4, -0.2) is 90.8 Å². The van der Waals surface area contributed by atoms with Gasteiger partial charge in [-0.2, -0.15) is 0 Å². The Bertz CT molecular complexity index is 964. The highest BCUT2D eigenvalue weighted by atomic mass is 16.5. The number of rotatable bonds is 12. The Balaban J connectivity index is 2.09. The van der Waals surface area contributed by atoms with Crippen LogP contribution in [0.4, 0.5) is 0 Å². The van der Waals surface area contributed by atoms with Crippen molar-refractivity contribution in [3.05, 3.63) is 34.9 Å². The maximum absolute atomic E-state index is 13.3. The first-order chi connectivity index (χ1) is 17.3. The molecule has 0 fully saturated rings. The molecule has 0 saturated heterocycles. The average molecular weight is 507 g/mol. The summed E-state index contributed by atoms with van der Waals surface area (Å²) in [4.78, 5) is 28.1. The van der Waals surface area contributed by atoms with Gasteiger partial charge in [0.1, 0.15) is 12.2 Å². The standard InChI is InChI=1S/C26H38N2O8/c1-15(2)5-8-28(21(31)6-10-34-3)19-13-18(26(33)27-7-9-29)22-17-11-16(14-30)12-20(35-4)24(17)36-25(22)23(19)32/h11-13,15,19,22-23,25,29-30,32H,5-10,14H2,1-4H3,(H,27,33)/t19-,22+,23+,25+/m1/s1. The lowest BCUT2D eigenvalue weighted by Crippen LogP contribution is -2.56. The summed E-state index contributed by atoms with van der Waals surface area (Å²) in [5.74, 6) is -0.162. The number of nitrogens with zero attached hydrogens (tertiary/aromatic N) is 1. The Morgan fingerprint density at radius 2 is 1.97 bits per heavy atom. The lowest BCUT2D eigenvalue weighted by molar-refractivity contribution is -0.138. The van der Waals surface area contributed by atoms with Crippen LogP contribution in [-0.2, 0) is 20.9 Å². The third-order valence-electron chi connectivity index (χ3n) is 6.64. The second-order valence-electron chi connectivity index (χ2n) is 9.53. The molecule has 36 heavy (non-hydrogen) atoms. The van der Waals surface area contributed by atoms with E-state index in [0.29, 0.717) is 47.1 Å². The van der Waals surface area contributed by atoms with E-state index in [1.165, 1.54) is 14.2 Å². The van der Waals surface area contributed by atoms with Gasteiger partial charge in [-0.1, -0.05) is 13.8 Å².